The van der Waals surface area contributed by atoms with Gasteiger partial charge in [-0.1, -0.05) is 0 Å². The fraction of sp³-hybridized carbons (Fsp3) is 0.364. The molecule has 0 spiro atoms. The van der Waals surface area contributed by atoms with Crippen LogP contribution in [0.2, 0.25) is 5.28 Å². The molecule has 5 nitrogen and oxygen atoms in total. The third kappa shape index (κ3) is 2.94. The molecule has 0 bridgehead atoms. The van der Waals surface area contributed by atoms with Gasteiger partial charge in [0.1, 0.15) is 0 Å². The molecule has 0 unspecified atom stereocenters. The Morgan fingerprint density at radius 3 is 2.71 bits per heavy atom. The molecular formula is C11H13ClN4O. The lowest BCUT2D eigenvalue weighted by Crippen LogP contribution is -1.99. The second kappa shape index (κ2) is 4.71. The Kier molecular flexibility index (Phi) is 3.28. The molecule has 0 atom stereocenters. The maximum atomic E-state index is 5.75. The molecule has 0 aliphatic heterocycles. The Morgan fingerprint density at radius 1 is 1.35 bits per heavy atom. The van der Waals surface area contributed by atoms with Gasteiger partial charge in [-0.05, 0) is 32.4 Å². The first-order chi connectivity index (χ1) is 8.04. The fourth-order valence-corrected chi connectivity index (χ4v) is 1.55. The quantitative estimate of drug-likeness (QED) is 0.788. The van der Waals surface area contributed by atoms with Gasteiger partial charge in [0.25, 0.3) is 0 Å². The van der Waals surface area contributed by atoms with Crippen LogP contribution in [-0.2, 0) is 0 Å². The van der Waals surface area contributed by atoms with E-state index in [0.717, 1.165) is 5.69 Å². The van der Waals surface area contributed by atoms with Gasteiger partial charge >= 0.3 is 0 Å². The van der Waals surface area contributed by atoms with Crippen molar-refractivity contribution in [3.05, 3.63) is 29.4 Å². The number of hydrogen-bond acceptors (Lipinski definition) is 4. The van der Waals surface area contributed by atoms with Crippen molar-refractivity contribution in [1.82, 2.24) is 19.7 Å². The van der Waals surface area contributed by atoms with Gasteiger partial charge in [-0.15, -0.1) is 0 Å². The van der Waals surface area contributed by atoms with Crippen molar-refractivity contribution in [2.75, 3.05) is 0 Å². The van der Waals surface area contributed by atoms with Gasteiger partial charge in [0.15, 0.2) is 5.75 Å². The number of hydrogen-bond donors (Lipinski definition) is 0. The van der Waals surface area contributed by atoms with Crippen molar-refractivity contribution in [3.63, 3.8) is 0 Å². The minimum absolute atomic E-state index is 0.177. The van der Waals surface area contributed by atoms with Gasteiger partial charge < -0.3 is 4.74 Å². The summed E-state index contributed by atoms with van der Waals surface area (Å²) in [4.78, 5) is 7.94. The number of aryl methyl sites for hydroxylation is 1. The third-order valence-electron chi connectivity index (χ3n) is 2.13. The van der Waals surface area contributed by atoms with E-state index in [1.54, 1.807) is 12.3 Å². The van der Waals surface area contributed by atoms with Crippen LogP contribution in [0.25, 0.3) is 0 Å². The molecule has 0 amide bonds. The molecule has 2 rings (SSSR count). The van der Waals surface area contributed by atoms with Gasteiger partial charge in [0.05, 0.1) is 12.4 Å². The zero-order chi connectivity index (χ0) is 12.4. The molecule has 0 N–H and O–H groups in total. The van der Waals surface area contributed by atoms with Crippen molar-refractivity contribution in [3.8, 4) is 11.6 Å². The van der Waals surface area contributed by atoms with Crippen molar-refractivity contribution < 1.29 is 4.74 Å². The number of ether oxygens (including phenoxy) is 1. The summed E-state index contributed by atoms with van der Waals surface area (Å²) in [6.07, 6.45) is 3.46. The summed E-state index contributed by atoms with van der Waals surface area (Å²) in [6.45, 7) is 5.92. The lowest BCUT2D eigenvalue weighted by atomic mass is 10.4. The zero-order valence-electron chi connectivity index (χ0n) is 9.88. The fourth-order valence-electron chi connectivity index (χ4n) is 1.33. The van der Waals surface area contributed by atoms with Crippen LogP contribution in [0, 0.1) is 6.92 Å². The standard InChI is InChI=1S/C11H13ClN4O/c1-7(2)16-6-9(5-13-16)17-10-4-8(3)14-11(12)15-10/h4-7H,1-3H3. The topological polar surface area (TPSA) is 52.8 Å². The molecule has 2 heterocycles. The third-order valence-corrected chi connectivity index (χ3v) is 2.30. The van der Waals surface area contributed by atoms with E-state index < -0.39 is 0 Å². The Morgan fingerprint density at radius 2 is 2.12 bits per heavy atom. The number of rotatable bonds is 3. The molecular weight excluding hydrogens is 240 g/mol. The average molecular weight is 253 g/mol. The van der Waals surface area contributed by atoms with Gasteiger partial charge in [0, 0.05) is 17.8 Å². The molecule has 0 fully saturated rings. The number of aromatic nitrogens is 4. The monoisotopic (exact) mass is 252 g/mol. The van der Waals surface area contributed by atoms with E-state index in [1.165, 1.54) is 0 Å². The van der Waals surface area contributed by atoms with Gasteiger partial charge in [-0.2, -0.15) is 10.1 Å². The van der Waals surface area contributed by atoms with Crippen LogP contribution in [0.3, 0.4) is 0 Å². The largest absolute Gasteiger partial charge is 0.436 e. The molecule has 2 aromatic heterocycles. The summed E-state index contributed by atoms with van der Waals surface area (Å²) >= 11 is 5.75. The molecule has 17 heavy (non-hydrogen) atoms. The van der Waals surface area contributed by atoms with Crippen LogP contribution >= 0.6 is 11.6 Å². The van der Waals surface area contributed by atoms with Gasteiger partial charge in [0.2, 0.25) is 11.2 Å². The van der Waals surface area contributed by atoms with Crippen molar-refractivity contribution in [2.45, 2.75) is 26.8 Å². The Hall–Kier alpha value is -1.62. The second-order valence-electron chi connectivity index (χ2n) is 3.97. The van der Waals surface area contributed by atoms with Crippen LogP contribution in [0.15, 0.2) is 18.5 Å². The average Bonchev–Trinajstić information content (AvgIpc) is 2.64. The molecule has 0 aliphatic carbocycles. The van der Waals surface area contributed by atoms with Crippen LogP contribution in [-0.4, -0.2) is 19.7 Å². The van der Waals surface area contributed by atoms with E-state index >= 15 is 0 Å². The van der Waals surface area contributed by atoms with Crippen LogP contribution < -0.4 is 4.74 Å². The van der Waals surface area contributed by atoms with Crippen LogP contribution in [0.5, 0.6) is 11.6 Å². The summed E-state index contributed by atoms with van der Waals surface area (Å²) in [6, 6.07) is 2.02. The highest BCUT2D eigenvalue weighted by Gasteiger charge is 2.06. The van der Waals surface area contributed by atoms with E-state index in [2.05, 4.69) is 15.1 Å². The van der Waals surface area contributed by atoms with Crippen molar-refractivity contribution in [2.24, 2.45) is 0 Å². The lowest BCUT2D eigenvalue weighted by molar-refractivity contribution is 0.457. The summed E-state index contributed by atoms with van der Waals surface area (Å²) < 4.78 is 7.36. The SMILES string of the molecule is Cc1cc(Oc2cnn(C(C)C)c2)nc(Cl)n1. The van der Waals surface area contributed by atoms with E-state index in [-0.39, 0.29) is 5.28 Å². The maximum Gasteiger partial charge on any atom is 0.225 e. The predicted octanol–water partition coefficient (Wildman–Crippen LogP) is 3.01. The Labute approximate surface area is 104 Å². The first-order valence-corrected chi connectivity index (χ1v) is 5.65. The number of nitrogens with zero attached hydrogens (tertiary/aromatic N) is 4. The Bertz CT molecular complexity index is 504. The minimum Gasteiger partial charge on any atom is -0.436 e. The summed E-state index contributed by atoms with van der Waals surface area (Å²) in [5.74, 6) is 1.05. The molecule has 0 aliphatic rings. The van der Waals surface area contributed by atoms with Gasteiger partial charge in [-0.3, -0.25) is 4.68 Å². The summed E-state index contributed by atoms with van der Waals surface area (Å²) in [7, 11) is 0. The van der Waals surface area contributed by atoms with Gasteiger partial charge in [-0.25, -0.2) is 4.98 Å². The predicted molar refractivity (Wildman–Crippen MR) is 64.5 cm³/mol. The van der Waals surface area contributed by atoms with Crippen molar-refractivity contribution in [1.29, 1.82) is 0 Å². The smallest absolute Gasteiger partial charge is 0.225 e. The minimum atomic E-state index is 0.177. The number of halogens is 1. The van der Waals surface area contributed by atoms with E-state index in [9.17, 15) is 0 Å². The normalized spacial score (nSPS) is 10.9. The second-order valence-corrected chi connectivity index (χ2v) is 4.31. The lowest BCUT2D eigenvalue weighted by Gasteiger charge is -2.04. The summed E-state index contributed by atoms with van der Waals surface area (Å²) in [5, 5.41) is 4.35. The molecule has 0 radical (unpaired) electrons. The van der Waals surface area contributed by atoms with E-state index in [1.807, 2.05) is 31.6 Å². The zero-order valence-corrected chi connectivity index (χ0v) is 10.6. The molecule has 0 aromatic carbocycles. The molecule has 0 saturated carbocycles. The first-order valence-electron chi connectivity index (χ1n) is 5.28. The highest BCUT2D eigenvalue weighted by molar-refractivity contribution is 6.28. The van der Waals surface area contributed by atoms with Crippen molar-refractivity contribution >= 4 is 11.6 Å². The summed E-state index contributed by atoms with van der Waals surface area (Å²) in [5.41, 5.74) is 0.760. The highest BCUT2D eigenvalue weighted by Crippen LogP contribution is 2.21. The first kappa shape index (κ1) is 11.9. The molecule has 2 aromatic rings. The Balaban J connectivity index is 2.19. The molecule has 90 valence electrons. The molecule has 6 heteroatoms. The highest BCUT2D eigenvalue weighted by atomic mass is 35.5. The molecule has 0 saturated heterocycles. The maximum absolute atomic E-state index is 5.75. The van der Waals surface area contributed by atoms with E-state index in [0.29, 0.717) is 17.7 Å². The van der Waals surface area contributed by atoms with E-state index in [4.69, 9.17) is 16.3 Å². The van der Waals surface area contributed by atoms with Crippen LogP contribution in [0.1, 0.15) is 25.6 Å². The van der Waals surface area contributed by atoms with Crippen LogP contribution in [0.4, 0.5) is 0 Å².